The third kappa shape index (κ3) is 30.8. The summed E-state index contributed by atoms with van der Waals surface area (Å²) >= 11 is 0. The van der Waals surface area contributed by atoms with E-state index in [4.69, 9.17) is 19.3 Å². The van der Waals surface area contributed by atoms with E-state index in [1.54, 1.807) is 12.2 Å². The van der Waals surface area contributed by atoms with Gasteiger partial charge in [0.25, 0.3) is 0 Å². The lowest BCUT2D eigenvalue weighted by Gasteiger charge is -2.18. The first-order valence-corrected chi connectivity index (χ1v) is 24.3. The number of carbonyl (C=O) groups excluding carboxylic acids is 3. The van der Waals surface area contributed by atoms with E-state index >= 15 is 0 Å². The lowest BCUT2D eigenvalue weighted by molar-refractivity contribution is -0.161. The van der Waals surface area contributed by atoms with Gasteiger partial charge >= 0.3 is 19.8 Å². The standard InChI is InChI=1S/C45H81O11P/c1-3-5-7-8-9-10-11-12-13-14-15-16-17-18-19-20-21-22-28-32-45(50)56-39(37-55-57(51,52)53)36-54-44(49)31-27-24-23-26-30-40-41(43(48)35-42(40)47)34-33-38(46)29-25-6-4-2/h23,26,33-34,38-42,46-47H,3-22,24-25,27-32,35-37H2,1-2H3,(H2,51,52,53)/b26-23-,34-33+/t38-,39+,40+,41+,42-/m0/s1. The largest absolute Gasteiger partial charge is 0.469 e. The molecule has 1 aliphatic carbocycles. The SMILES string of the molecule is CCCCCCCCCCCCCCCCCCCCCC(=O)O[C@H](COC(=O)CCC/C=C\C[C@H]1[C@@H](O)CC(=O)[C@@H]1/C=C/[C@@H](O)CCCCC)COP(=O)(O)O. The number of rotatable bonds is 38. The maximum absolute atomic E-state index is 12.5. The van der Waals surface area contributed by atoms with Gasteiger partial charge in [-0.2, -0.15) is 0 Å². The fourth-order valence-corrected chi connectivity index (χ4v) is 7.72. The van der Waals surface area contributed by atoms with Gasteiger partial charge in [-0.15, -0.1) is 0 Å². The molecule has 1 rings (SSSR count). The summed E-state index contributed by atoms with van der Waals surface area (Å²) in [5.41, 5.74) is 0. The van der Waals surface area contributed by atoms with Gasteiger partial charge in [-0.3, -0.25) is 18.9 Å². The van der Waals surface area contributed by atoms with E-state index in [2.05, 4.69) is 18.4 Å². The molecule has 4 N–H and O–H groups in total. The second-order valence-electron chi connectivity index (χ2n) is 16.2. The van der Waals surface area contributed by atoms with Crippen LogP contribution in [0.5, 0.6) is 0 Å². The van der Waals surface area contributed by atoms with Crippen LogP contribution in [0.4, 0.5) is 0 Å². The van der Waals surface area contributed by atoms with Crippen molar-refractivity contribution in [2.45, 2.75) is 218 Å². The van der Waals surface area contributed by atoms with Crippen molar-refractivity contribution in [1.82, 2.24) is 0 Å². The predicted molar refractivity (Wildman–Crippen MR) is 226 cm³/mol. The highest BCUT2D eigenvalue weighted by Gasteiger charge is 2.39. The quantitative estimate of drug-likeness (QED) is 0.0202. The van der Waals surface area contributed by atoms with E-state index in [0.29, 0.717) is 32.1 Å². The molecule has 332 valence electrons. The molecule has 0 unspecified atom stereocenters. The van der Waals surface area contributed by atoms with Gasteiger partial charge in [0.15, 0.2) is 6.10 Å². The van der Waals surface area contributed by atoms with Gasteiger partial charge in [0, 0.05) is 31.1 Å². The highest BCUT2D eigenvalue weighted by atomic mass is 31.2. The Hall–Kier alpha value is -1.88. The zero-order valence-corrected chi connectivity index (χ0v) is 36.6. The van der Waals surface area contributed by atoms with Crippen molar-refractivity contribution in [3.05, 3.63) is 24.3 Å². The summed E-state index contributed by atoms with van der Waals surface area (Å²) < 4.78 is 26.4. The number of allylic oxidation sites excluding steroid dienone is 3. The maximum Gasteiger partial charge on any atom is 0.469 e. The van der Waals surface area contributed by atoms with E-state index in [1.807, 2.05) is 12.2 Å². The fourth-order valence-electron chi connectivity index (χ4n) is 7.36. The van der Waals surface area contributed by atoms with Crippen LogP contribution in [0.2, 0.25) is 0 Å². The average Bonchev–Trinajstić information content (AvgIpc) is 3.44. The molecular weight excluding hydrogens is 747 g/mol. The van der Waals surface area contributed by atoms with Crippen LogP contribution in [0.1, 0.15) is 200 Å². The number of ether oxygens (including phenoxy) is 2. The molecule has 0 aliphatic heterocycles. The van der Waals surface area contributed by atoms with Gasteiger partial charge in [-0.25, -0.2) is 4.57 Å². The van der Waals surface area contributed by atoms with Crippen LogP contribution < -0.4 is 0 Å². The Morgan fingerprint density at radius 3 is 1.77 bits per heavy atom. The number of aliphatic hydroxyl groups is 2. The Kier molecular flexibility index (Phi) is 32.6. The monoisotopic (exact) mass is 829 g/mol. The summed E-state index contributed by atoms with van der Waals surface area (Å²) in [5.74, 6) is -1.81. The zero-order valence-electron chi connectivity index (χ0n) is 35.7. The van der Waals surface area contributed by atoms with E-state index < -0.39 is 50.6 Å². The van der Waals surface area contributed by atoms with E-state index in [0.717, 1.165) is 38.5 Å². The number of phosphoric acid groups is 1. The molecule has 0 bridgehead atoms. The van der Waals surface area contributed by atoms with Crippen LogP contribution in [0.15, 0.2) is 24.3 Å². The minimum atomic E-state index is -4.82. The summed E-state index contributed by atoms with van der Waals surface area (Å²) in [4.78, 5) is 55.6. The molecular formula is C45H81O11P. The molecule has 1 fully saturated rings. The molecule has 57 heavy (non-hydrogen) atoms. The van der Waals surface area contributed by atoms with Gasteiger partial charge in [-0.05, 0) is 32.1 Å². The molecule has 12 heteroatoms. The number of esters is 2. The lowest BCUT2D eigenvalue weighted by atomic mass is 9.90. The van der Waals surface area contributed by atoms with Crippen molar-refractivity contribution in [3.8, 4) is 0 Å². The molecule has 0 aromatic rings. The predicted octanol–water partition coefficient (Wildman–Crippen LogP) is 10.6. The molecule has 0 aromatic heterocycles. The van der Waals surface area contributed by atoms with Crippen molar-refractivity contribution in [2.24, 2.45) is 11.8 Å². The van der Waals surface area contributed by atoms with Gasteiger partial charge in [-0.1, -0.05) is 173 Å². The topological polar surface area (TPSA) is 177 Å². The molecule has 0 heterocycles. The lowest BCUT2D eigenvalue weighted by Crippen LogP contribution is -2.29. The van der Waals surface area contributed by atoms with Crippen molar-refractivity contribution in [3.63, 3.8) is 0 Å². The van der Waals surface area contributed by atoms with Crippen LogP contribution in [-0.4, -0.2) is 69.2 Å². The summed E-state index contributed by atoms with van der Waals surface area (Å²) in [6, 6.07) is 0. The summed E-state index contributed by atoms with van der Waals surface area (Å²) in [6.45, 7) is 3.38. The second-order valence-corrected chi connectivity index (χ2v) is 17.4. The normalized spacial score (nSPS) is 18.5. The molecule has 5 atom stereocenters. The van der Waals surface area contributed by atoms with Crippen LogP contribution in [0.25, 0.3) is 0 Å². The van der Waals surface area contributed by atoms with Crippen LogP contribution >= 0.6 is 7.82 Å². The Labute approximate surface area is 345 Å². The number of carbonyl (C=O) groups is 3. The Bertz CT molecular complexity index is 1140. The molecule has 1 saturated carbocycles. The van der Waals surface area contributed by atoms with Gasteiger partial charge in [0.2, 0.25) is 0 Å². The number of unbranched alkanes of at least 4 members (excludes halogenated alkanes) is 21. The van der Waals surface area contributed by atoms with Crippen molar-refractivity contribution in [2.75, 3.05) is 13.2 Å². The van der Waals surface area contributed by atoms with Crippen LogP contribution in [-0.2, 0) is 32.9 Å². The third-order valence-corrected chi connectivity index (χ3v) is 11.3. The molecule has 0 saturated heterocycles. The minimum Gasteiger partial charge on any atom is -0.462 e. The fraction of sp³-hybridized carbons (Fsp3) is 0.844. The zero-order chi connectivity index (χ0) is 42.0. The molecule has 11 nitrogen and oxygen atoms in total. The number of Topliss-reactive ketones (excluding diaryl/α,β-unsaturated/α-hetero) is 1. The number of hydrogen-bond donors (Lipinski definition) is 4. The smallest absolute Gasteiger partial charge is 0.462 e. The molecule has 0 amide bonds. The first-order chi connectivity index (χ1) is 27.5. The maximum atomic E-state index is 12.5. The van der Waals surface area contributed by atoms with E-state index in [9.17, 15) is 29.2 Å². The Morgan fingerprint density at radius 1 is 0.719 bits per heavy atom. The third-order valence-electron chi connectivity index (χ3n) is 10.8. The highest BCUT2D eigenvalue weighted by Crippen LogP contribution is 2.36. The van der Waals surface area contributed by atoms with Crippen LogP contribution in [0.3, 0.4) is 0 Å². The van der Waals surface area contributed by atoms with Crippen molar-refractivity contribution in [1.29, 1.82) is 0 Å². The number of hydrogen-bond acceptors (Lipinski definition) is 9. The Morgan fingerprint density at radius 2 is 1.23 bits per heavy atom. The summed E-state index contributed by atoms with van der Waals surface area (Å²) in [5, 5.41) is 20.6. The Balaban J connectivity index is 2.22. The minimum absolute atomic E-state index is 0.0310. The van der Waals surface area contributed by atoms with E-state index in [1.165, 1.54) is 96.3 Å². The highest BCUT2D eigenvalue weighted by molar-refractivity contribution is 7.46. The van der Waals surface area contributed by atoms with Crippen LogP contribution in [0, 0.1) is 11.8 Å². The van der Waals surface area contributed by atoms with Gasteiger partial charge in [0.05, 0.1) is 18.8 Å². The van der Waals surface area contributed by atoms with Gasteiger partial charge in [0.1, 0.15) is 12.4 Å². The first kappa shape index (κ1) is 53.1. The molecule has 1 aliphatic rings. The number of ketones is 1. The number of phosphoric ester groups is 1. The second kappa shape index (κ2) is 34.9. The van der Waals surface area contributed by atoms with Crippen molar-refractivity contribution >= 4 is 25.5 Å². The number of aliphatic hydroxyl groups excluding tert-OH is 2. The van der Waals surface area contributed by atoms with Gasteiger partial charge < -0.3 is 29.5 Å². The molecule has 0 aromatic carbocycles. The average molecular weight is 829 g/mol. The van der Waals surface area contributed by atoms with E-state index in [-0.39, 0.29) is 37.6 Å². The first-order valence-electron chi connectivity index (χ1n) is 22.7. The summed E-state index contributed by atoms with van der Waals surface area (Å²) in [7, 11) is -4.82. The summed E-state index contributed by atoms with van der Waals surface area (Å²) in [6.07, 6.45) is 34.1. The molecule has 0 spiro atoms. The van der Waals surface area contributed by atoms with Crippen molar-refractivity contribution < 1.29 is 52.9 Å². The molecule has 0 radical (unpaired) electrons.